The van der Waals surface area contributed by atoms with Crippen molar-refractivity contribution in [3.63, 3.8) is 0 Å². The van der Waals surface area contributed by atoms with E-state index >= 15 is 0 Å². The van der Waals surface area contributed by atoms with Crippen LogP contribution in [0.3, 0.4) is 0 Å². The van der Waals surface area contributed by atoms with Crippen LogP contribution in [0, 0.1) is 0 Å². The van der Waals surface area contributed by atoms with Gasteiger partial charge in [0, 0.05) is 18.5 Å². The van der Waals surface area contributed by atoms with E-state index in [4.69, 9.17) is 9.40 Å². The second kappa shape index (κ2) is 7.03. The van der Waals surface area contributed by atoms with Crippen molar-refractivity contribution < 1.29 is 4.42 Å². The number of hydrogen-bond donors (Lipinski definition) is 0. The molecule has 1 aliphatic rings. The molecule has 0 amide bonds. The summed E-state index contributed by atoms with van der Waals surface area (Å²) in [4.78, 5) is 31.8. The maximum absolute atomic E-state index is 13.7. The zero-order valence-electron chi connectivity index (χ0n) is 16.4. The van der Waals surface area contributed by atoms with Gasteiger partial charge in [-0.05, 0) is 37.1 Å². The number of rotatable bonds is 2. The molecule has 1 saturated carbocycles. The number of nitrogens with zero attached hydrogens (tertiary/aromatic N) is 3. The average Bonchev–Trinajstić information content (AvgIpc) is 3.15. The highest BCUT2D eigenvalue weighted by Crippen LogP contribution is 2.30. The first-order valence-electron chi connectivity index (χ1n) is 10.2. The Morgan fingerprint density at radius 2 is 1.76 bits per heavy atom. The van der Waals surface area contributed by atoms with Gasteiger partial charge in [-0.1, -0.05) is 37.8 Å². The fourth-order valence-corrected chi connectivity index (χ4v) is 4.61. The number of benzene rings is 1. The average molecular weight is 389 g/mol. The largest absolute Gasteiger partial charge is 0.461 e. The van der Waals surface area contributed by atoms with Gasteiger partial charge in [-0.2, -0.15) is 0 Å². The molecule has 148 valence electrons. The van der Waals surface area contributed by atoms with Crippen molar-refractivity contribution >= 4 is 21.9 Å². The lowest BCUT2D eigenvalue weighted by molar-refractivity contribution is 0.428. The van der Waals surface area contributed by atoms with Gasteiger partial charge in [0.25, 0.3) is 5.56 Å². The molecule has 0 unspecified atom stereocenters. The van der Waals surface area contributed by atoms with Crippen LogP contribution in [-0.2, 0) is 7.05 Å². The molecule has 3 aromatic heterocycles. The highest BCUT2D eigenvalue weighted by Gasteiger charge is 2.25. The molecule has 0 bridgehead atoms. The molecule has 0 spiro atoms. The van der Waals surface area contributed by atoms with Crippen LogP contribution in [0.2, 0.25) is 0 Å². The van der Waals surface area contributed by atoms with Crippen molar-refractivity contribution in [2.75, 3.05) is 0 Å². The molecular formula is C23H23N3O3. The quantitative estimate of drug-likeness (QED) is 0.376. The predicted octanol–water partition coefficient (Wildman–Crippen LogP) is 4.40. The van der Waals surface area contributed by atoms with E-state index in [0.29, 0.717) is 22.6 Å². The number of furan rings is 1. The fraction of sp³-hybridized carbons (Fsp3) is 0.348. The standard InChI is InChI=1S/C23H23N3O3/c1-25-17-12-7-6-11-16(17)20(27)19-22(25)24-21(18-13-8-14-29-18)26(23(19)28)15-9-4-2-3-5-10-15/h6-8,11-15H,2-5,9-10H2,1H3. The maximum atomic E-state index is 13.7. The van der Waals surface area contributed by atoms with Gasteiger partial charge in [-0.3, -0.25) is 14.2 Å². The van der Waals surface area contributed by atoms with Crippen LogP contribution in [0.5, 0.6) is 0 Å². The van der Waals surface area contributed by atoms with E-state index in [1.165, 1.54) is 12.8 Å². The van der Waals surface area contributed by atoms with E-state index in [1.54, 1.807) is 23.0 Å². The zero-order chi connectivity index (χ0) is 20.0. The summed E-state index contributed by atoms with van der Waals surface area (Å²) in [5, 5.41) is 0.699. The number of fused-ring (bicyclic) bond motifs is 2. The minimum Gasteiger partial charge on any atom is -0.461 e. The van der Waals surface area contributed by atoms with E-state index in [1.807, 2.05) is 35.9 Å². The third-order valence-corrected chi connectivity index (χ3v) is 6.08. The van der Waals surface area contributed by atoms with Crippen LogP contribution in [0.15, 0.2) is 56.7 Å². The molecule has 3 heterocycles. The smallest absolute Gasteiger partial charge is 0.267 e. The summed E-state index contributed by atoms with van der Waals surface area (Å²) in [6, 6.07) is 11.0. The van der Waals surface area contributed by atoms with Crippen LogP contribution in [0.1, 0.15) is 44.6 Å². The Kier molecular flexibility index (Phi) is 4.34. The summed E-state index contributed by atoms with van der Waals surface area (Å²) in [5.41, 5.74) is 0.642. The number of para-hydroxylation sites is 1. The summed E-state index contributed by atoms with van der Waals surface area (Å²) in [5.74, 6) is 1.05. The Bertz CT molecular complexity index is 1310. The molecule has 0 saturated heterocycles. The summed E-state index contributed by atoms with van der Waals surface area (Å²) in [7, 11) is 1.85. The molecule has 29 heavy (non-hydrogen) atoms. The molecule has 0 atom stereocenters. The lowest BCUT2D eigenvalue weighted by Gasteiger charge is -2.22. The van der Waals surface area contributed by atoms with Gasteiger partial charge in [0.2, 0.25) is 5.43 Å². The first kappa shape index (κ1) is 17.9. The third kappa shape index (κ3) is 2.82. The monoisotopic (exact) mass is 389 g/mol. The number of aryl methyl sites for hydroxylation is 1. The molecule has 1 aromatic carbocycles. The minimum absolute atomic E-state index is 0.0261. The van der Waals surface area contributed by atoms with Crippen LogP contribution in [0.4, 0.5) is 0 Å². The molecular weight excluding hydrogens is 366 g/mol. The predicted molar refractivity (Wildman–Crippen MR) is 113 cm³/mol. The summed E-state index contributed by atoms with van der Waals surface area (Å²) >= 11 is 0. The molecule has 1 fully saturated rings. The van der Waals surface area contributed by atoms with Crippen molar-refractivity contribution in [1.82, 2.24) is 14.1 Å². The van der Waals surface area contributed by atoms with E-state index in [-0.39, 0.29) is 22.4 Å². The minimum atomic E-state index is -0.264. The van der Waals surface area contributed by atoms with Crippen LogP contribution in [0.25, 0.3) is 33.5 Å². The molecule has 6 heteroatoms. The van der Waals surface area contributed by atoms with E-state index in [2.05, 4.69) is 0 Å². The molecule has 6 nitrogen and oxygen atoms in total. The number of pyridine rings is 1. The third-order valence-electron chi connectivity index (χ3n) is 6.08. The topological polar surface area (TPSA) is 70.0 Å². The van der Waals surface area contributed by atoms with Crippen LogP contribution >= 0.6 is 0 Å². The van der Waals surface area contributed by atoms with Gasteiger partial charge < -0.3 is 8.98 Å². The Balaban J connectivity index is 1.92. The zero-order valence-corrected chi connectivity index (χ0v) is 16.4. The molecule has 0 aliphatic heterocycles. The highest BCUT2D eigenvalue weighted by atomic mass is 16.3. The Hall–Kier alpha value is -3.15. The molecule has 0 N–H and O–H groups in total. The number of aromatic nitrogens is 3. The molecule has 4 aromatic rings. The van der Waals surface area contributed by atoms with Crippen molar-refractivity contribution in [2.24, 2.45) is 7.05 Å². The van der Waals surface area contributed by atoms with Gasteiger partial charge in [-0.15, -0.1) is 0 Å². The van der Waals surface area contributed by atoms with Gasteiger partial charge in [0.1, 0.15) is 5.39 Å². The summed E-state index contributed by atoms with van der Waals surface area (Å²) in [6.45, 7) is 0. The first-order valence-corrected chi connectivity index (χ1v) is 10.2. The SMILES string of the molecule is Cn1c2ccccc2c(=O)c2c(=O)n(C3CCCCCC3)c(-c3ccco3)nc21. The summed E-state index contributed by atoms with van der Waals surface area (Å²) in [6.07, 6.45) is 7.90. The maximum Gasteiger partial charge on any atom is 0.267 e. The van der Waals surface area contributed by atoms with E-state index in [9.17, 15) is 9.59 Å². The van der Waals surface area contributed by atoms with Crippen molar-refractivity contribution in [1.29, 1.82) is 0 Å². The van der Waals surface area contributed by atoms with Gasteiger partial charge in [-0.25, -0.2) is 4.98 Å². The highest BCUT2D eigenvalue weighted by molar-refractivity contribution is 5.91. The van der Waals surface area contributed by atoms with Crippen molar-refractivity contribution in [3.05, 3.63) is 63.2 Å². The summed E-state index contributed by atoms with van der Waals surface area (Å²) < 4.78 is 9.19. The van der Waals surface area contributed by atoms with Gasteiger partial charge in [0.05, 0.1) is 11.8 Å². The number of hydrogen-bond acceptors (Lipinski definition) is 4. The van der Waals surface area contributed by atoms with Gasteiger partial charge in [0.15, 0.2) is 17.2 Å². The van der Waals surface area contributed by atoms with Gasteiger partial charge >= 0.3 is 0 Å². The molecule has 1 aliphatic carbocycles. The lowest BCUT2D eigenvalue weighted by Crippen LogP contribution is -2.31. The Morgan fingerprint density at radius 1 is 1.00 bits per heavy atom. The Morgan fingerprint density at radius 3 is 2.48 bits per heavy atom. The second-order valence-electron chi connectivity index (χ2n) is 7.84. The fourth-order valence-electron chi connectivity index (χ4n) is 4.61. The van der Waals surface area contributed by atoms with Crippen LogP contribution in [-0.4, -0.2) is 14.1 Å². The van der Waals surface area contributed by atoms with Crippen molar-refractivity contribution in [3.8, 4) is 11.6 Å². The second-order valence-corrected chi connectivity index (χ2v) is 7.84. The molecule has 0 radical (unpaired) electrons. The normalized spacial score (nSPS) is 15.8. The van der Waals surface area contributed by atoms with E-state index in [0.717, 1.165) is 31.2 Å². The lowest BCUT2D eigenvalue weighted by atomic mass is 10.1. The first-order chi connectivity index (χ1) is 14.2. The van der Waals surface area contributed by atoms with Crippen molar-refractivity contribution in [2.45, 2.75) is 44.6 Å². The van der Waals surface area contributed by atoms with Crippen LogP contribution < -0.4 is 11.0 Å². The molecule has 5 rings (SSSR count). The Labute approximate surface area is 167 Å². The van der Waals surface area contributed by atoms with E-state index < -0.39 is 0 Å².